The Bertz CT molecular complexity index is 843. The molecular formula is C21H25FN4O2. The fraction of sp³-hybridized carbons (Fsp3) is 0.381. The Morgan fingerprint density at radius 1 is 1.29 bits per heavy atom. The van der Waals surface area contributed by atoms with Crippen molar-refractivity contribution in [3.8, 4) is 0 Å². The second-order valence-corrected chi connectivity index (χ2v) is 7.04. The number of amides is 2. The summed E-state index contributed by atoms with van der Waals surface area (Å²) in [5, 5.41) is 6.07. The molecule has 2 heterocycles. The maximum absolute atomic E-state index is 13.9. The molecule has 28 heavy (non-hydrogen) atoms. The Morgan fingerprint density at radius 2 is 2.11 bits per heavy atom. The molecule has 0 aliphatic carbocycles. The Hall–Kier alpha value is -2.96. The second kappa shape index (κ2) is 9.30. The summed E-state index contributed by atoms with van der Waals surface area (Å²) in [6.07, 6.45) is 2.56. The van der Waals surface area contributed by atoms with Crippen LogP contribution in [0, 0.1) is 18.7 Å². The number of carbonyl (C=O) groups excluding carboxylic acids is 2. The van der Waals surface area contributed by atoms with Crippen LogP contribution in [0.2, 0.25) is 0 Å². The van der Waals surface area contributed by atoms with Gasteiger partial charge in [-0.05, 0) is 37.1 Å². The standard InChI is InChI=1S/C21H25FN4O2/c1-15-8-9-23-19(12-15)24-10-11-25-21(28)17-6-7-20(27)26(14-17)13-16-4-2-3-5-18(16)22/h2-5,8-9,12,17H,6-7,10-11,13-14H2,1H3,(H,23,24)(H,25,28). The van der Waals surface area contributed by atoms with Crippen molar-refractivity contribution in [2.45, 2.75) is 26.3 Å². The molecule has 1 unspecified atom stereocenters. The van der Waals surface area contributed by atoms with E-state index >= 15 is 0 Å². The summed E-state index contributed by atoms with van der Waals surface area (Å²) < 4.78 is 13.9. The van der Waals surface area contributed by atoms with E-state index in [9.17, 15) is 14.0 Å². The average molecular weight is 384 g/mol. The highest BCUT2D eigenvalue weighted by molar-refractivity contribution is 5.83. The SMILES string of the molecule is Cc1ccnc(NCCNC(=O)C2CCC(=O)N(Cc3ccccc3F)C2)c1. The largest absolute Gasteiger partial charge is 0.368 e. The van der Waals surface area contributed by atoms with Crippen LogP contribution >= 0.6 is 0 Å². The first-order valence-corrected chi connectivity index (χ1v) is 9.48. The van der Waals surface area contributed by atoms with Crippen LogP contribution in [0.3, 0.4) is 0 Å². The number of aromatic nitrogens is 1. The van der Waals surface area contributed by atoms with Gasteiger partial charge >= 0.3 is 0 Å². The van der Waals surface area contributed by atoms with Crippen LogP contribution in [0.1, 0.15) is 24.0 Å². The number of benzene rings is 1. The molecule has 1 aliphatic heterocycles. The van der Waals surface area contributed by atoms with E-state index < -0.39 is 0 Å². The lowest BCUT2D eigenvalue weighted by Gasteiger charge is -2.32. The van der Waals surface area contributed by atoms with Gasteiger partial charge in [0, 0.05) is 44.4 Å². The molecule has 1 aromatic heterocycles. The van der Waals surface area contributed by atoms with Crippen LogP contribution in [-0.4, -0.2) is 41.3 Å². The molecule has 1 atom stereocenters. The first-order valence-electron chi connectivity index (χ1n) is 9.48. The first kappa shape index (κ1) is 19.8. The zero-order valence-corrected chi connectivity index (χ0v) is 16.0. The minimum atomic E-state index is -0.335. The van der Waals surface area contributed by atoms with E-state index in [1.54, 1.807) is 29.3 Å². The summed E-state index contributed by atoms with van der Waals surface area (Å²) in [5.41, 5.74) is 1.58. The normalized spacial score (nSPS) is 16.7. The van der Waals surface area contributed by atoms with E-state index in [4.69, 9.17) is 0 Å². The van der Waals surface area contributed by atoms with Gasteiger partial charge in [-0.1, -0.05) is 18.2 Å². The lowest BCUT2D eigenvalue weighted by Crippen LogP contribution is -2.46. The third kappa shape index (κ3) is 5.28. The third-order valence-electron chi connectivity index (χ3n) is 4.84. The van der Waals surface area contributed by atoms with Crippen molar-refractivity contribution >= 4 is 17.6 Å². The van der Waals surface area contributed by atoms with E-state index in [0.29, 0.717) is 38.0 Å². The number of piperidine rings is 1. The summed E-state index contributed by atoms with van der Waals surface area (Å²) in [6.45, 7) is 3.52. The zero-order valence-electron chi connectivity index (χ0n) is 16.0. The van der Waals surface area contributed by atoms with Crippen molar-refractivity contribution in [2.75, 3.05) is 25.0 Å². The van der Waals surface area contributed by atoms with Crippen molar-refractivity contribution in [3.05, 3.63) is 59.5 Å². The number of pyridine rings is 1. The average Bonchev–Trinajstić information content (AvgIpc) is 2.68. The van der Waals surface area contributed by atoms with Crippen LogP contribution in [0.25, 0.3) is 0 Å². The van der Waals surface area contributed by atoms with Gasteiger partial charge in [0.05, 0.1) is 5.92 Å². The molecule has 1 saturated heterocycles. The molecule has 0 spiro atoms. The molecule has 1 aliphatic rings. The van der Waals surface area contributed by atoms with Gasteiger partial charge in [-0.15, -0.1) is 0 Å². The number of anilines is 1. The fourth-order valence-electron chi connectivity index (χ4n) is 3.27. The van der Waals surface area contributed by atoms with Crippen molar-refractivity contribution in [3.63, 3.8) is 0 Å². The van der Waals surface area contributed by atoms with Gasteiger partial charge in [0.25, 0.3) is 0 Å². The van der Waals surface area contributed by atoms with Crippen LogP contribution in [-0.2, 0) is 16.1 Å². The van der Waals surface area contributed by atoms with Crippen molar-refractivity contribution < 1.29 is 14.0 Å². The van der Waals surface area contributed by atoms with E-state index in [2.05, 4.69) is 15.6 Å². The number of aryl methyl sites for hydroxylation is 1. The van der Waals surface area contributed by atoms with Crippen molar-refractivity contribution in [1.29, 1.82) is 0 Å². The predicted molar refractivity (Wildman–Crippen MR) is 105 cm³/mol. The summed E-state index contributed by atoms with van der Waals surface area (Å²) in [7, 11) is 0. The number of rotatable bonds is 7. The van der Waals surface area contributed by atoms with Crippen LogP contribution < -0.4 is 10.6 Å². The highest BCUT2D eigenvalue weighted by Gasteiger charge is 2.30. The number of halogens is 1. The van der Waals surface area contributed by atoms with Gasteiger partial charge in [0.1, 0.15) is 11.6 Å². The topological polar surface area (TPSA) is 74.3 Å². The molecule has 1 aromatic carbocycles. The zero-order chi connectivity index (χ0) is 19.9. The molecule has 3 rings (SSSR count). The second-order valence-electron chi connectivity index (χ2n) is 7.04. The molecule has 2 amide bonds. The van der Waals surface area contributed by atoms with Gasteiger partial charge in [-0.25, -0.2) is 9.37 Å². The summed E-state index contributed by atoms with van der Waals surface area (Å²) in [5.74, 6) is 0.0392. The molecule has 1 fully saturated rings. The Kier molecular flexibility index (Phi) is 6.57. The smallest absolute Gasteiger partial charge is 0.224 e. The molecule has 7 heteroatoms. The Balaban J connectivity index is 1.47. The highest BCUT2D eigenvalue weighted by Crippen LogP contribution is 2.21. The van der Waals surface area contributed by atoms with Crippen LogP contribution in [0.5, 0.6) is 0 Å². The Labute approximate surface area is 164 Å². The molecule has 2 N–H and O–H groups in total. The quantitative estimate of drug-likeness (QED) is 0.720. The van der Waals surface area contributed by atoms with Gasteiger partial charge in [-0.2, -0.15) is 0 Å². The predicted octanol–water partition coefficient (Wildman–Crippen LogP) is 2.50. The summed E-state index contributed by atoms with van der Waals surface area (Å²) in [4.78, 5) is 30.4. The maximum atomic E-state index is 13.9. The summed E-state index contributed by atoms with van der Waals surface area (Å²) >= 11 is 0. The number of likely N-dealkylation sites (tertiary alicyclic amines) is 1. The van der Waals surface area contributed by atoms with E-state index in [-0.39, 0.29) is 30.1 Å². The van der Waals surface area contributed by atoms with E-state index in [1.165, 1.54) is 6.07 Å². The van der Waals surface area contributed by atoms with Crippen molar-refractivity contribution in [1.82, 2.24) is 15.2 Å². The number of hydrogen-bond donors (Lipinski definition) is 2. The molecule has 148 valence electrons. The summed E-state index contributed by atoms with van der Waals surface area (Å²) in [6, 6.07) is 10.3. The first-order chi connectivity index (χ1) is 13.5. The fourth-order valence-corrected chi connectivity index (χ4v) is 3.27. The number of nitrogens with zero attached hydrogens (tertiary/aromatic N) is 2. The molecule has 6 nitrogen and oxygen atoms in total. The Morgan fingerprint density at radius 3 is 2.89 bits per heavy atom. The molecule has 0 bridgehead atoms. The number of nitrogens with one attached hydrogen (secondary N) is 2. The van der Waals surface area contributed by atoms with E-state index in [0.717, 1.165) is 11.4 Å². The molecule has 2 aromatic rings. The molecule has 0 saturated carbocycles. The van der Waals surface area contributed by atoms with Gasteiger partial charge in [0.2, 0.25) is 11.8 Å². The minimum absolute atomic E-state index is 0.0421. The lowest BCUT2D eigenvalue weighted by molar-refractivity contribution is -0.138. The number of carbonyl (C=O) groups is 2. The molecular weight excluding hydrogens is 359 g/mol. The van der Waals surface area contributed by atoms with Gasteiger partial charge in [0.15, 0.2) is 0 Å². The molecule has 0 radical (unpaired) electrons. The maximum Gasteiger partial charge on any atom is 0.224 e. The van der Waals surface area contributed by atoms with Gasteiger partial charge in [-0.3, -0.25) is 9.59 Å². The lowest BCUT2D eigenvalue weighted by atomic mass is 9.96. The minimum Gasteiger partial charge on any atom is -0.368 e. The van der Waals surface area contributed by atoms with Crippen molar-refractivity contribution in [2.24, 2.45) is 5.92 Å². The third-order valence-corrected chi connectivity index (χ3v) is 4.84. The van der Waals surface area contributed by atoms with E-state index in [1.807, 2.05) is 19.1 Å². The van der Waals surface area contributed by atoms with Crippen LogP contribution in [0.4, 0.5) is 10.2 Å². The van der Waals surface area contributed by atoms with Gasteiger partial charge < -0.3 is 15.5 Å². The number of hydrogen-bond acceptors (Lipinski definition) is 4. The van der Waals surface area contributed by atoms with Crippen LogP contribution in [0.15, 0.2) is 42.6 Å². The monoisotopic (exact) mass is 384 g/mol. The highest BCUT2D eigenvalue weighted by atomic mass is 19.1.